The highest BCUT2D eigenvalue weighted by molar-refractivity contribution is 6.05. The molecule has 3 heteroatoms. The van der Waals surface area contributed by atoms with Crippen LogP contribution in [0.1, 0.15) is 6.92 Å². The summed E-state index contributed by atoms with van der Waals surface area (Å²) in [5, 5.41) is 11.1. The molecule has 1 heterocycles. The molecule has 0 spiro atoms. The van der Waals surface area contributed by atoms with Crippen LogP contribution in [0.15, 0.2) is 54.7 Å². The number of benzene rings is 2. The smallest absolute Gasteiger partial charge is 0.300 e. The van der Waals surface area contributed by atoms with Crippen molar-refractivity contribution >= 4 is 27.6 Å². The number of aromatic nitrogens is 1. The molecule has 18 heavy (non-hydrogen) atoms. The Morgan fingerprint density at radius 2 is 1.56 bits per heavy atom. The maximum absolute atomic E-state index is 9.00. The number of nitrogens with zero attached hydrogens (tertiary/aromatic N) is 1. The van der Waals surface area contributed by atoms with Crippen molar-refractivity contribution in [2.45, 2.75) is 6.92 Å². The van der Waals surface area contributed by atoms with Crippen molar-refractivity contribution in [3.63, 3.8) is 0 Å². The van der Waals surface area contributed by atoms with Crippen LogP contribution in [0, 0.1) is 0 Å². The van der Waals surface area contributed by atoms with Gasteiger partial charge in [0.15, 0.2) is 0 Å². The van der Waals surface area contributed by atoms with Crippen LogP contribution >= 0.6 is 0 Å². The van der Waals surface area contributed by atoms with Gasteiger partial charge in [0, 0.05) is 23.9 Å². The topological polar surface area (TPSA) is 50.2 Å². The Labute approximate surface area is 105 Å². The van der Waals surface area contributed by atoms with E-state index in [1.807, 2.05) is 24.4 Å². The average molecular weight is 239 g/mol. The van der Waals surface area contributed by atoms with Crippen molar-refractivity contribution in [3.05, 3.63) is 54.7 Å². The molecule has 3 rings (SSSR count). The SMILES string of the molecule is CC(=O)O.c1ccc2c(c1)cnc1ccccc12. The average Bonchev–Trinajstić information content (AvgIpc) is 2.38. The van der Waals surface area contributed by atoms with Crippen molar-refractivity contribution < 1.29 is 9.90 Å². The first-order valence-electron chi connectivity index (χ1n) is 5.60. The lowest BCUT2D eigenvalue weighted by Gasteiger charge is -2.01. The number of aliphatic carboxylic acids is 1. The summed E-state index contributed by atoms with van der Waals surface area (Å²) in [6.07, 6.45) is 1.93. The molecule has 0 fully saturated rings. The maximum atomic E-state index is 9.00. The van der Waals surface area contributed by atoms with Gasteiger partial charge in [0.25, 0.3) is 5.97 Å². The highest BCUT2D eigenvalue weighted by Gasteiger charge is 1.98. The highest BCUT2D eigenvalue weighted by Crippen LogP contribution is 2.22. The molecule has 0 radical (unpaired) electrons. The monoisotopic (exact) mass is 239 g/mol. The Hall–Kier alpha value is -2.42. The Morgan fingerprint density at radius 1 is 1.00 bits per heavy atom. The fourth-order valence-electron chi connectivity index (χ4n) is 1.81. The molecule has 0 aliphatic carbocycles. The minimum absolute atomic E-state index is 0.833. The van der Waals surface area contributed by atoms with Crippen LogP contribution in [0.25, 0.3) is 21.7 Å². The first kappa shape index (κ1) is 12.0. The zero-order valence-corrected chi connectivity index (χ0v) is 10.00. The van der Waals surface area contributed by atoms with E-state index in [0.29, 0.717) is 0 Å². The molecule has 1 N–H and O–H groups in total. The molecule has 0 atom stereocenters. The van der Waals surface area contributed by atoms with Gasteiger partial charge < -0.3 is 5.11 Å². The van der Waals surface area contributed by atoms with Crippen LogP contribution in [0.3, 0.4) is 0 Å². The fourth-order valence-corrected chi connectivity index (χ4v) is 1.81. The second kappa shape index (κ2) is 5.27. The Morgan fingerprint density at radius 3 is 2.28 bits per heavy atom. The standard InChI is InChI=1S/C13H9N.C2H4O2/c1-2-6-11-10(5-1)9-14-13-8-4-3-7-12(11)13;1-2(3)4/h1-9H;1H3,(H,3,4). The lowest BCUT2D eigenvalue weighted by molar-refractivity contribution is -0.134. The molecule has 0 saturated carbocycles. The minimum Gasteiger partial charge on any atom is -0.481 e. The van der Waals surface area contributed by atoms with Crippen molar-refractivity contribution in [2.24, 2.45) is 0 Å². The number of carboxylic acids is 1. The molecule has 3 aromatic rings. The number of rotatable bonds is 0. The first-order valence-corrected chi connectivity index (χ1v) is 5.60. The predicted octanol–water partition coefficient (Wildman–Crippen LogP) is 3.48. The molecule has 3 nitrogen and oxygen atoms in total. The maximum Gasteiger partial charge on any atom is 0.300 e. The van der Waals surface area contributed by atoms with Crippen LogP contribution in [-0.4, -0.2) is 16.1 Å². The second-order valence-corrected chi connectivity index (χ2v) is 3.88. The third kappa shape index (κ3) is 2.63. The summed E-state index contributed by atoms with van der Waals surface area (Å²) < 4.78 is 0. The normalized spacial score (nSPS) is 9.83. The summed E-state index contributed by atoms with van der Waals surface area (Å²) >= 11 is 0. The van der Waals surface area contributed by atoms with Crippen LogP contribution in [-0.2, 0) is 4.79 Å². The third-order valence-corrected chi connectivity index (χ3v) is 2.50. The molecule has 1 aromatic heterocycles. The number of pyridine rings is 1. The summed E-state index contributed by atoms with van der Waals surface area (Å²) in [6, 6.07) is 16.6. The van der Waals surface area contributed by atoms with Crippen molar-refractivity contribution in [1.82, 2.24) is 4.98 Å². The fraction of sp³-hybridized carbons (Fsp3) is 0.0667. The number of carboxylic acid groups (broad SMARTS) is 1. The lowest BCUT2D eigenvalue weighted by Crippen LogP contribution is -1.80. The van der Waals surface area contributed by atoms with E-state index in [-0.39, 0.29) is 0 Å². The number of fused-ring (bicyclic) bond motifs is 3. The number of hydrogen-bond donors (Lipinski definition) is 1. The predicted molar refractivity (Wildman–Crippen MR) is 72.6 cm³/mol. The van der Waals surface area contributed by atoms with Crippen molar-refractivity contribution in [1.29, 1.82) is 0 Å². The molecule has 90 valence electrons. The highest BCUT2D eigenvalue weighted by atomic mass is 16.4. The van der Waals surface area contributed by atoms with Gasteiger partial charge in [0.1, 0.15) is 0 Å². The Kier molecular flexibility index (Phi) is 3.53. The van der Waals surface area contributed by atoms with Crippen LogP contribution < -0.4 is 0 Å². The van der Waals surface area contributed by atoms with Crippen molar-refractivity contribution in [2.75, 3.05) is 0 Å². The minimum atomic E-state index is -0.833. The van der Waals surface area contributed by atoms with Gasteiger partial charge in [-0.25, -0.2) is 0 Å². The Bertz CT molecular complexity index is 633. The van der Waals surface area contributed by atoms with E-state index in [4.69, 9.17) is 9.90 Å². The zero-order valence-electron chi connectivity index (χ0n) is 10.00. The summed E-state index contributed by atoms with van der Waals surface area (Å²) in [7, 11) is 0. The van der Waals surface area contributed by atoms with Gasteiger partial charge in [-0.1, -0.05) is 42.5 Å². The third-order valence-electron chi connectivity index (χ3n) is 2.50. The quantitative estimate of drug-likeness (QED) is 0.611. The number of carbonyl (C=O) groups is 1. The first-order chi connectivity index (χ1) is 8.68. The summed E-state index contributed by atoms with van der Waals surface area (Å²) in [5.41, 5.74) is 1.06. The van der Waals surface area contributed by atoms with Crippen LogP contribution in [0.2, 0.25) is 0 Å². The molecule has 0 saturated heterocycles. The van der Waals surface area contributed by atoms with Gasteiger partial charge >= 0.3 is 0 Å². The lowest BCUT2D eigenvalue weighted by atomic mass is 10.1. The van der Waals surface area contributed by atoms with Crippen LogP contribution in [0.4, 0.5) is 0 Å². The van der Waals surface area contributed by atoms with E-state index < -0.39 is 5.97 Å². The van der Waals surface area contributed by atoms with E-state index in [9.17, 15) is 0 Å². The summed E-state index contributed by atoms with van der Waals surface area (Å²) in [6.45, 7) is 1.08. The molecule has 0 amide bonds. The second-order valence-electron chi connectivity index (χ2n) is 3.88. The molecule has 0 aliphatic heterocycles. The van der Waals surface area contributed by atoms with E-state index in [0.717, 1.165) is 12.4 Å². The summed E-state index contributed by atoms with van der Waals surface area (Å²) in [4.78, 5) is 13.4. The van der Waals surface area contributed by atoms with Gasteiger partial charge in [-0.2, -0.15) is 0 Å². The molecule has 0 unspecified atom stereocenters. The van der Waals surface area contributed by atoms with E-state index in [1.54, 1.807) is 0 Å². The number of para-hydroxylation sites is 1. The Balaban J connectivity index is 0.000000267. The van der Waals surface area contributed by atoms with Gasteiger partial charge in [0.2, 0.25) is 0 Å². The molecule has 0 aliphatic rings. The molecule has 0 bridgehead atoms. The molecular formula is C15H13NO2. The van der Waals surface area contributed by atoms with E-state index in [2.05, 4.69) is 35.3 Å². The van der Waals surface area contributed by atoms with Gasteiger partial charge in [-0.15, -0.1) is 0 Å². The van der Waals surface area contributed by atoms with Gasteiger partial charge in [0.05, 0.1) is 5.52 Å². The van der Waals surface area contributed by atoms with E-state index >= 15 is 0 Å². The zero-order chi connectivity index (χ0) is 13.0. The van der Waals surface area contributed by atoms with Gasteiger partial charge in [-0.3, -0.25) is 9.78 Å². The van der Waals surface area contributed by atoms with Crippen LogP contribution in [0.5, 0.6) is 0 Å². The molecule has 2 aromatic carbocycles. The molecular weight excluding hydrogens is 226 g/mol. The summed E-state index contributed by atoms with van der Waals surface area (Å²) in [5.74, 6) is -0.833. The largest absolute Gasteiger partial charge is 0.481 e. The van der Waals surface area contributed by atoms with Gasteiger partial charge in [-0.05, 0) is 11.5 Å². The van der Waals surface area contributed by atoms with Crippen molar-refractivity contribution in [3.8, 4) is 0 Å². The van der Waals surface area contributed by atoms with E-state index in [1.165, 1.54) is 16.2 Å². The number of hydrogen-bond acceptors (Lipinski definition) is 2.